The second kappa shape index (κ2) is 20.5. The molecule has 0 spiro atoms. The molecule has 0 radical (unpaired) electrons. The molecule has 0 saturated heterocycles. The number of nitrogens with zero attached hydrogens (tertiary/aromatic N) is 2. The van der Waals surface area contributed by atoms with Crippen molar-refractivity contribution in [2.45, 2.75) is 5.41 Å². The van der Waals surface area contributed by atoms with Crippen molar-refractivity contribution >= 4 is 43.6 Å². The van der Waals surface area contributed by atoms with Gasteiger partial charge in [0, 0.05) is 32.8 Å². The van der Waals surface area contributed by atoms with Crippen LogP contribution in [-0.4, -0.2) is 9.13 Å². The van der Waals surface area contributed by atoms with Crippen LogP contribution in [0.25, 0.3) is 133 Å². The molecule has 2 heterocycles. The van der Waals surface area contributed by atoms with Gasteiger partial charge in [0.05, 0.1) is 33.2 Å². The van der Waals surface area contributed by atoms with E-state index in [1.807, 2.05) is 0 Å². The largest absolute Gasteiger partial charge is 0.309 e. The Morgan fingerprint density at radius 1 is 0.195 bits per heavy atom. The zero-order valence-electron chi connectivity index (χ0n) is 47.7. The van der Waals surface area contributed by atoms with Crippen molar-refractivity contribution in [3.63, 3.8) is 0 Å². The van der Waals surface area contributed by atoms with Crippen LogP contribution in [0.1, 0.15) is 22.3 Å². The summed E-state index contributed by atoms with van der Waals surface area (Å²) in [6, 6.07) is 125. The molecule has 16 aromatic rings. The highest BCUT2D eigenvalue weighted by atomic mass is 15.0. The Balaban J connectivity index is 0.680. The lowest BCUT2D eigenvalue weighted by Crippen LogP contribution is -2.29. The molecule has 14 aromatic carbocycles. The van der Waals surface area contributed by atoms with Gasteiger partial charge in [-0.1, -0.05) is 279 Å². The Morgan fingerprint density at radius 2 is 0.575 bits per heavy atom. The van der Waals surface area contributed by atoms with Crippen molar-refractivity contribution < 1.29 is 0 Å². The Hall–Kier alpha value is -11.3. The first-order valence-electron chi connectivity index (χ1n) is 30.1. The average molecular weight is 1110 g/mol. The summed E-state index contributed by atoms with van der Waals surface area (Å²) in [5.74, 6) is 0. The van der Waals surface area contributed by atoms with E-state index in [0.29, 0.717) is 0 Å². The zero-order chi connectivity index (χ0) is 57.4. The molecule has 2 heteroatoms. The second-order valence-corrected chi connectivity index (χ2v) is 23.1. The summed E-state index contributed by atoms with van der Waals surface area (Å²) >= 11 is 0. The van der Waals surface area contributed by atoms with E-state index in [1.54, 1.807) is 0 Å². The number of fused-ring (bicyclic) bond motifs is 9. The molecule has 0 unspecified atom stereocenters. The van der Waals surface area contributed by atoms with Gasteiger partial charge in [-0.25, -0.2) is 0 Å². The van der Waals surface area contributed by atoms with Gasteiger partial charge in [0.15, 0.2) is 0 Å². The molecule has 0 amide bonds. The smallest absolute Gasteiger partial charge is 0.0719 e. The zero-order valence-corrected chi connectivity index (χ0v) is 47.7. The van der Waals surface area contributed by atoms with E-state index in [1.165, 1.54) is 144 Å². The van der Waals surface area contributed by atoms with Crippen molar-refractivity contribution in [1.29, 1.82) is 0 Å². The van der Waals surface area contributed by atoms with Gasteiger partial charge in [0.25, 0.3) is 0 Å². The predicted molar refractivity (Wildman–Crippen MR) is 365 cm³/mol. The number of para-hydroxylation sites is 3. The van der Waals surface area contributed by atoms with E-state index < -0.39 is 5.41 Å². The van der Waals surface area contributed by atoms with Gasteiger partial charge < -0.3 is 9.13 Å². The Bertz CT molecular complexity index is 5270. The second-order valence-electron chi connectivity index (χ2n) is 23.1. The third-order valence-electron chi connectivity index (χ3n) is 18.4. The molecule has 0 fully saturated rings. The molecule has 0 bridgehead atoms. The molecule has 1 aliphatic carbocycles. The summed E-state index contributed by atoms with van der Waals surface area (Å²) in [7, 11) is 0. The van der Waals surface area contributed by atoms with E-state index in [0.717, 1.165) is 11.4 Å². The molecular formula is C85H56N2. The molecular weight excluding hydrogens is 1050 g/mol. The lowest BCUT2D eigenvalue weighted by atomic mass is 9.66. The summed E-state index contributed by atoms with van der Waals surface area (Å²) in [5, 5.41) is 4.94. The maximum atomic E-state index is 2.46. The van der Waals surface area contributed by atoms with Crippen LogP contribution in [0, 0.1) is 0 Å². The molecule has 0 N–H and O–H groups in total. The van der Waals surface area contributed by atoms with Gasteiger partial charge in [0.2, 0.25) is 0 Å². The Labute approximate surface area is 506 Å². The summed E-state index contributed by atoms with van der Waals surface area (Å²) < 4.78 is 4.87. The third kappa shape index (κ3) is 8.10. The molecule has 0 atom stereocenters. The van der Waals surface area contributed by atoms with Crippen molar-refractivity contribution in [3.05, 3.63) is 362 Å². The Morgan fingerprint density at radius 3 is 1.20 bits per heavy atom. The maximum absolute atomic E-state index is 2.46. The minimum absolute atomic E-state index is 0.488. The number of aromatic nitrogens is 2. The molecule has 0 saturated carbocycles. The number of benzene rings is 14. The van der Waals surface area contributed by atoms with Crippen LogP contribution < -0.4 is 0 Å². The van der Waals surface area contributed by atoms with E-state index >= 15 is 0 Å². The number of rotatable bonds is 10. The van der Waals surface area contributed by atoms with Crippen LogP contribution in [0.2, 0.25) is 0 Å². The molecule has 0 aliphatic heterocycles. The molecule has 87 heavy (non-hydrogen) atoms. The standard InChI is InChI=1S/C85H56N2/c1-3-21-57(22-4-1)63-24-20-28-68(54-63)86-81-39-17-11-33-73(81)75-55-64(49-51-83(75)86)65-50-52-84-76(56-65)74-34-12-18-40-82(74)87(84)80-38-16-10-30-70(80)61-47-45-59(46-48-61)58-41-43-60(44-42-58)62-23-19-25-66(53-62)69-29-7-13-35-77(69)85(67-26-5-2-6-27-67)78-36-14-8-31-71(78)72-32-9-15-37-79(72)85/h1-56H. The van der Waals surface area contributed by atoms with Crippen LogP contribution in [0.15, 0.2) is 340 Å². The third-order valence-corrected chi connectivity index (χ3v) is 18.4. The highest BCUT2D eigenvalue weighted by molar-refractivity contribution is 6.13. The topological polar surface area (TPSA) is 9.86 Å². The highest BCUT2D eigenvalue weighted by Crippen LogP contribution is 2.58. The molecule has 2 aromatic heterocycles. The van der Waals surface area contributed by atoms with Crippen LogP contribution in [0.5, 0.6) is 0 Å². The van der Waals surface area contributed by atoms with Gasteiger partial charge in [-0.3, -0.25) is 0 Å². The van der Waals surface area contributed by atoms with E-state index in [2.05, 4.69) is 349 Å². The number of hydrogen-bond acceptors (Lipinski definition) is 0. The van der Waals surface area contributed by atoms with Crippen LogP contribution in [0.3, 0.4) is 0 Å². The van der Waals surface area contributed by atoms with Crippen LogP contribution in [-0.2, 0) is 5.41 Å². The fourth-order valence-corrected chi connectivity index (χ4v) is 14.5. The van der Waals surface area contributed by atoms with Gasteiger partial charge in [-0.05, 0) is 155 Å². The van der Waals surface area contributed by atoms with Gasteiger partial charge in [0.1, 0.15) is 0 Å². The first-order valence-corrected chi connectivity index (χ1v) is 30.1. The summed E-state index contributed by atoms with van der Waals surface area (Å²) in [4.78, 5) is 0. The Kier molecular flexibility index (Phi) is 11.8. The molecule has 406 valence electrons. The average Bonchev–Trinajstić information content (AvgIpc) is 1.67. The van der Waals surface area contributed by atoms with E-state index in [-0.39, 0.29) is 0 Å². The fraction of sp³-hybridized carbons (Fsp3) is 0.0118. The lowest BCUT2D eigenvalue weighted by Gasteiger charge is -2.35. The van der Waals surface area contributed by atoms with Gasteiger partial charge in [-0.2, -0.15) is 0 Å². The first-order chi connectivity index (χ1) is 43.2. The van der Waals surface area contributed by atoms with E-state index in [9.17, 15) is 0 Å². The van der Waals surface area contributed by atoms with Crippen molar-refractivity contribution in [2.75, 3.05) is 0 Å². The maximum Gasteiger partial charge on any atom is 0.0719 e. The van der Waals surface area contributed by atoms with Crippen molar-refractivity contribution in [1.82, 2.24) is 9.13 Å². The predicted octanol–water partition coefficient (Wildman–Crippen LogP) is 22.2. The van der Waals surface area contributed by atoms with Crippen molar-refractivity contribution in [3.8, 4) is 89.3 Å². The van der Waals surface area contributed by atoms with Crippen LogP contribution in [0.4, 0.5) is 0 Å². The first kappa shape index (κ1) is 50.2. The molecule has 1 aliphatic rings. The monoisotopic (exact) mass is 1100 g/mol. The summed E-state index contributed by atoms with van der Waals surface area (Å²) in [6.45, 7) is 0. The normalized spacial score (nSPS) is 12.5. The summed E-state index contributed by atoms with van der Waals surface area (Å²) in [6.07, 6.45) is 0. The molecule has 2 nitrogen and oxygen atoms in total. The van der Waals surface area contributed by atoms with Crippen LogP contribution >= 0.6 is 0 Å². The van der Waals surface area contributed by atoms with Gasteiger partial charge in [-0.15, -0.1) is 0 Å². The minimum atomic E-state index is -0.488. The fourth-order valence-electron chi connectivity index (χ4n) is 14.5. The quantitative estimate of drug-likeness (QED) is 0.129. The SMILES string of the molecule is c1ccc(-c2cccc(-n3c4ccccc4c4cc(-c5ccc6c(c5)c5ccccc5n6-c5ccccc5-c5ccc(-c6ccc(-c7cccc(-c8ccccc8C8(c9ccccc9)c9ccccc9-c9ccccc98)c7)cc6)cc5)ccc43)c2)cc1. The summed E-state index contributed by atoms with van der Waals surface area (Å²) in [5.41, 5.74) is 28.6. The van der Waals surface area contributed by atoms with E-state index in [4.69, 9.17) is 0 Å². The van der Waals surface area contributed by atoms with Gasteiger partial charge >= 0.3 is 0 Å². The molecule has 17 rings (SSSR count). The lowest BCUT2D eigenvalue weighted by molar-refractivity contribution is 0.770. The highest BCUT2D eigenvalue weighted by Gasteiger charge is 2.47. The number of hydrogen-bond donors (Lipinski definition) is 0. The minimum Gasteiger partial charge on any atom is -0.309 e. The van der Waals surface area contributed by atoms with Crippen molar-refractivity contribution in [2.24, 2.45) is 0 Å².